The van der Waals surface area contributed by atoms with E-state index < -0.39 is 0 Å². The fraction of sp³-hybridized carbons (Fsp3) is 0.667. The summed E-state index contributed by atoms with van der Waals surface area (Å²) in [5.41, 5.74) is 1.68. The second kappa shape index (κ2) is 6.80. The molecule has 1 aromatic rings. The van der Waals surface area contributed by atoms with Crippen molar-refractivity contribution < 1.29 is 4.74 Å². The van der Waals surface area contributed by atoms with E-state index in [-0.39, 0.29) is 0 Å². The molecule has 3 heteroatoms. The number of hydrogen-bond donors (Lipinski definition) is 1. The van der Waals surface area contributed by atoms with Gasteiger partial charge in [0.2, 0.25) is 0 Å². The van der Waals surface area contributed by atoms with Crippen molar-refractivity contribution in [2.45, 2.75) is 64.2 Å². The highest BCUT2D eigenvalue weighted by molar-refractivity contribution is 9.10. The maximum Gasteiger partial charge on any atom is 0.0721 e. The Hall–Kier alpha value is -0.380. The fourth-order valence-corrected chi connectivity index (χ4v) is 4.67. The van der Waals surface area contributed by atoms with E-state index in [1.54, 1.807) is 0 Å². The van der Waals surface area contributed by atoms with Crippen LogP contribution in [-0.2, 0) is 11.3 Å². The van der Waals surface area contributed by atoms with Crippen LogP contribution in [0, 0.1) is 5.41 Å². The summed E-state index contributed by atoms with van der Waals surface area (Å²) >= 11 is 3.53. The van der Waals surface area contributed by atoms with Crippen molar-refractivity contribution in [3.63, 3.8) is 0 Å². The van der Waals surface area contributed by atoms with Crippen LogP contribution in [0.5, 0.6) is 0 Å². The Balaban J connectivity index is 1.62. The Morgan fingerprint density at radius 1 is 1.29 bits per heavy atom. The number of rotatable bonds is 5. The summed E-state index contributed by atoms with van der Waals surface area (Å²) in [7, 11) is 0. The zero-order valence-corrected chi connectivity index (χ0v) is 14.5. The van der Waals surface area contributed by atoms with Crippen LogP contribution >= 0.6 is 15.9 Å². The molecule has 21 heavy (non-hydrogen) atoms. The van der Waals surface area contributed by atoms with E-state index in [9.17, 15) is 0 Å². The van der Waals surface area contributed by atoms with Crippen molar-refractivity contribution in [1.82, 2.24) is 5.32 Å². The van der Waals surface area contributed by atoms with Gasteiger partial charge in [0.25, 0.3) is 0 Å². The van der Waals surface area contributed by atoms with Gasteiger partial charge in [-0.1, -0.05) is 54.2 Å². The monoisotopic (exact) mass is 351 g/mol. The van der Waals surface area contributed by atoms with E-state index in [2.05, 4.69) is 52.4 Å². The highest BCUT2D eigenvalue weighted by Crippen LogP contribution is 2.53. The molecule has 2 unspecified atom stereocenters. The van der Waals surface area contributed by atoms with Crippen molar-refractivity contribution in [2.75, 3.05) is 6.54 Å². The summed E-state index contributed by atoms with van der Waals surface area (Å²) in [5, 5.41) is 3.69. The third kappa shape index (κ3) is 3.20. The van der Waals surface area contributed by atoms with Crippen molar-refractivity contribution in [3.8, 4) is 0 Å². The van der Waals surface area contributed by atoms with Crippen molar-refractivity contribution >= 4 is 15.9 Å². The maximum atomic E-state index is 6.33. The molecule has 0 bridgehead atoms. The van der Waals surface area contributed by atoms with Crippen molar-refractivity contribution in [3.05, 3.63) is 34.3 Å². The van der Waals surface area contributed by atoms with Crippen LogP contribution in [0.1, 0.15) is 51.0 Å². The van der Waals surface area contributed by atoms with E-state index in [0.29, 0.717) is 17.6 Å². The lowest BCUT2D eigenvalue weighted by Crippen LogP contribution is -2.64. The quantitative estimate of drug-likeness (QED) is 0.832. The van der Waals surface area contributed by atoms with Gasteiger partial charge in [-0.25, -0.2) is 0 Å². The molecule has 0 aliphatic heterocycles. The molecule has 1 aromatic carbocycles. The topological polar surface area (TPSA) is 21.3 Å². The first-order valence-electron chi connectivity index (χ1n) is 8.34. The zero-order valence-electron chi connectivity index (χ0n) is 12.9. The van der Waals surface area contributed by atoms with Gasteiger partial charge in [0.1, 0.15) is 0 Å². The van der Waals surface area contributed by atoms with Gasteiger partial charge < -0.3 is 10.1 Å². The molecule has 2 saturated carbocycles. The molecular formula is C18H26BrNO. The van der Waals surface area contributed by atoms with Crippen LogP contribution in [0.25, 0.3) is 0 Å². The first-order valence-corrected chi connectivity index (χ1v) is 9.13. The lowest BCUT2D eigenvalue weighted by molar-refractivity contribution is -0.158. The molecule has 2 nitrogen and oxygen atoms in total. The van der Waals surface area contributed by atoms with Crippen LogP contribution in [0.4, 0.5) is 0 Å². The normalized spacial score (nSPS) is 27.5. The second-order valence-electron chi connectivity index (χ2n) is 6.57. The SMILES string of the molecule is CCNC1CC(OCc2cccc(Br)c2)C12CCCCC2. The first-order chi connectivity index (χ1) is 10.2. The Bertz CT molecular complexity index is 470. The van der Waals surface area contributed by atoms with Crippen LogP contribution in [0.3, 0.4) is 0 Å². The van der Waals surface area contributed by atoms with Crippen LogP contribution in [0.15, 0.2) is 28.7 Å². The highest BCUT2D eigenvalue weighted by atomic mass is 79.9. The highest BCUT2D eigenvalue weighted by Gasteiger charge is 2.55. The molecule has 0 aromatic heterocycles. The molecule has 2 atom stereocenters. The Kier molecular flexibility index (Phi) is 5.03. The minimum Gasteiger partial charge on any atom is -0.373 e. The fourth-order valence-electron chi connectivity index (χ4n) is 4.22. The van der Waals surface area contributed by atoms with E-state index in [1.807, 2.05) is 0 Å². The summed E-state index contributed by atoms with van der Waals surface area (Å²) in [6, 6.07) is 9.14. The molecule has 0 saturated heterocycles. The number of ether oxygens (including phenoxy) is 1. The lowest BCUT2D eigenvalue weighted by Gasteiger charge is -2.58. The maximum absolute atomic E-state index is 6.33. The summed E-state index contributed by atoms with van der Waals surface area (Å²) in [4.78, 5) is 0. The Morgan fingerprint density at radius 2 is 2.10 bits per heavy atom. The molecule has 2 aliphatic rings. The van der Waals surface area contributed by atoms with Crippen LogP contribution < -0.4 is 5.32 Å². The lowest BCUT2D eigenvalue weighted by atomic mass is 9.55. The summed E-state index contributed by atoms with van der Waals surface area (Å²) in [5.74, 6) is 0. The standard InChI is InChI=1S/C18H26BrNO/c1-2-20-16-12-17(18(16)9-4-3-5-10-18)21-13-14-7-6-8-15(19)11-14/h6-8,11,16-17,20H,2-5,9-10,12-13H2,1H3. The van der Waals surface area contributed by atoms with Gasteiger partial charge in [-0.3, -0.25) is 0 Å². The molecule has 2 fully saturated rings. The van der Waals surface area contributed by atoms with Gasteiger partial charge in [-0.05, 0) is 43.5 Å². The molecule has 3 rings (SSSR count). The largest absolute Gasteiger partial charge is 0.373 e. The first kappa shape index (κ1) is 15.5. The predicted octanol–water partition coefficient (Wildman–Crippen LogP) is 4.67. The average molecular weight is 352 g/mol. The van der Waals surface area contributed by atoms with Gasteiger partial charge in [0, 0.05) is 15.9 Å². The number of halogens is 1. The molecule has 1 N–H and O–H groups in total. The minimum atomic E-state index is 0.417. The van der Waals surface area contributed by atoms with E-state index >= 15 is 0 Å². The smallest absolute Gasteiger partial charge is 0.0721 e. The van der Waals surface area contributed by atoms with Crippen LogP contribution in [0.2, 0.25) is 0 Å². The summed E-state index contributed by atoms with van der Waals surface area (Å²) in [6.07, 6.45) is 8.46. The average Bonchev–Trinajstić information content (AvgIpc) is 2.51. The number of benzene rings is 1. The summed E-state index contributed by atoms with van der Waals surface area (Å²) < 4.78 is 7.46. The van der Waals surface area contributed by atoms with Gasteiger partial charge in [-0.15, -0.1) is 0 Å². The summed E-state index contributed by atoms with van der Waals surface area (Å²) in [6.45, 7) is 4.03. The third-order valence-corrected chi connectivity index (χ3v) is 5.85. The van der Waals surface area contributed by atoms with Crippen LogP contribution in [-0.4, -0.2) is 18.7 Å². The predicted molar refractivity (Wildman–Crippen MR) is 90.3 cm³/mol. The zero-order chi connectivity index (χ0) is 14.7. The van der Waals surface area contributed by atoms with Gasteiger partial charge >= 0.3 is 0 Å². The van der Waals surface area contributed by atoms with Crippen molar-refractivity contribution in [2.24, 2.45) is 5.41 Å². The van der Waals surface area contributed by atoms with Gasteiger partial charge in [-0.2, -0.15) is 0 Å². The number of nitrogens with one attached hydrogen (secondary N) is 1. The van der Waals surface area contributed by atoms with E-state index in [0.717, 1.165) is 17.6 Å². The minimum absolute atomic E-state index is 0.417. The molecule has 0 radical (unpaired) electrons. The molecule has 0 heterocycles. The van der Waals surface area contributed by atoms with Gasteiger partial charge in [0.15, 0.2) is 0 Å². The third-order valence-electron chi connectivity index (χ3n) is 5.36. The van der Waals surface area contributed by atoms with E-state index in [4.69, 9.17) is 4.74 Å². The molecule has 2 aliphatic carbocycles. The van der Waals surface area contributed by atoms with Crippen molar-refractivity contribution in [1.29, 1.82) is 0 Å². The van der Waals surface area contributed by atoms with Gasteiger partial charge in [0.05, 0.1) is 12.7 Å². The Labute approximate surface area is 136 Å². The number of hydrogen-bond acceptors (Lipinski definition) is 2. The molecular weight excluding hydrogens is 326 g/mol. The molecule has 0 amide bonds. The molecule has 1 spiro atoms. The molecule has 116 valence electrons. The Morgan fingerprint density at radius 3 is 2.81 bits per heavy atom. The van der Waals surface area contributed by atoms with E-state index in [1.165, 1.54) is 44.1 Å². The second-order valence-corrected chi connectivity index (χ2v) is 7.49.